The monoisotopic (exact) mass is 376 g/mol. The number of rotatable bonds is 8. The van der Waals surface area contributed by atoms with Crippen molar-refractivity contribution in [1.82, 2.24) is 15.3 Å². The second kappa shape index (κ2) is 9.50. The molecule has 28 heavy (non-hydrogen) atoms. The molecular weight excluding hydrogens is 352 g/mol. The van der Waals surface area contributed by atoms with E-state index in [9.17, 15) is 4.79 Å². The summed E-state index contributed by atoms with van der Waals surface area (Å²) in [5.41, 5.74) is 3.69. The molecule has 1 amide bonds. The zero-order valence-corrected chi connectivity index (χ0v) is 16.1. The van der Waals surface area contributed by atoms with Crippen LogP contribution in [0.4, 0.5) is 5.82 Å². The molecule has 1 heterocycles. The van der Waals surface area contributed by atoms with Crippen LogP contribution in [0.15, 0.2) is 60.9 Å². The largest absolute Gasteiger partial charge is 0.497 e. The number of carbonyl (C=O) groups excluding carboxylic acids is 1. The molecule has 3 rings (SSSR count). The number of aromatic nitrogens is 2. The molecule has 0 bridgehead atoms. The molecule has 6 heteroatoms. The predicted molar refractivity (Wildman–Crippen MR) is 110 cm³/mol. The maximum absolute atomic E-state index is 12.2. The zero-order chi connectivity index (χ0) is 19.8. The summed E-state index contributed by atoms with van der Waals surface area (Å²) >= 11 is 0. The van der Waals surface area contributed by atoms with E-state index in [1.165, 1.54) is 11.8 Å². The van der Waals surface area contributed by atoms with Gasteiger partial charge in [0, 0.05) is 13.1 Å². The van der Waals surface area contributed by atoms with Crippen LogP contribution in [-0.4, -0.2) is 29.5 Å². The van der Waals surface area contributed by atoms with E-state index in [1.54, 1.807) is 13.3 Å². The summed E-state index contributed by atoms with van der Waals surface area (Å²) in [6.07, 6.45) is 3.89. The fourth-order valence-corrected chi connectivity index (χ4v) is 2.79. The number of hydrogen-bond acceptors (Lipinski definition) is 5. The van der Waals surface area contributed by atoms with Gasteiger partial charge in [-0.1, -0.05) is 42.0 Å². The van der Waals surface area contributed by atoms with E-state index in [0.717, 1.165) is 23.3 Å². The average Bonchev–Trinajstić information content (AvgIpc) is 2.73. The zero-order valence-electron chi connectivity index (χ0n) is 16.1. The molecule has 0 aliphatic heterocycles. The summed E-state index contributed by atoms with van der Waals surface area (Å²) in [6.45, 7) is 3.19. The van der Waals surface area contributed by atoms with Crippen LogP contribution in [0.2, 0.25) is 0 Å². The number of aryl methyl sites for hydroxylation is 1. The normalized spacial score (nSPS) is 10.4. The van der Waals surface area contributed by atoms with Crippen molar-refractivity contribution in [2.24, 2.45) is 0 Å². The Labute approximate surface area is 165 Å². The molecule has 1 aromatic heterocycles. The van der Waals surface area contributed by atoms with Gasteiger partial charge in [-0.2, -0.15) is 0 Å². The quantitative estimate of drug-likeness (QED) is 0.630. The first-order valence-corrected chi connectivity index (χ1v) is 9.16. The minimum absolute atomic E-state index is 0.239. The van der Waals surface area contributed by atoms with Gasteiger partial charge in [0.25, 0.3) is 5.91 Å². The number of nitrogens with zero attached hydrogens (tertiary/aromatic N) is 2. The fourth-order valence-electron chi connectivity index (χ4n) is 2.79. The van der Waals surface area contributed by atoms with Crippen LogP contribution in [-0.2, 0) is 13.0 Å². The maximum Gasteiger partial charge on any atom is 0.271 e. The minimum Gasteiger partial charge on any atom is -0.497 e. The smallest absolute Gasteiger partial charge is 0.271 e. The van der Waals surface area contributed by atoms with E-state index in [4.69, 9.17) is 4.74 Å². The standard InChI is InChI=1S/C22H24N4O2/c1-16-5-3-7-18(11-16)13-26-22(27)20-14-25-21(15-24-20)23-10-9-17-6-4-8-19(12-17)28-2/h3-8,11-12,14-15H,9-10,13H2,1-2H3,(H,23,25)(H,26,27). The molecule has 0 unspecified atom stereocenters. The van der Waals surface area contributed by atoms with E-state index in [1.807, 2.05) is 49.4 Å². The first-order valence-electron chi connectivity index (χ1n) is 9.16. The minimum atomic E-state index is -0.239. The number of nitrogens with one attached hydrogen (secondary N) is 2. The van der Waals surface area contributed by atoms with Gasteiger partial charge < -0.3 is 15.4 Å². The van der Waals surface area contributed by atoms with Crippen molar-refractivity contribution in [3.8, 4) is 5.75 Å². The van der Waals surface area contributed by atoms with Crippen LogP contribution in [0.1, 0.15) is 27.2 Å². The first kappa shape index (κ1) is 19.4. The third-order valence-corrected chi connectivity index (χ3v) is 4.27. The summed E-state index contributed by atoms with van der Waals surface area (Å²) in [7, 11) is 1.66. The van der Waals surface area contributed by atoms with Crippen LogP contribution >= 0.6 is 0 Å². The Morgan fingerprint density at radius 3 is 2.61 bits per heavy atom. The van der Waals surface area contributed by atoms with Gasteiger partial charge in [0.2, 0.25) is 0 Å². The number of methoxy groups -OCH3 is 1. The molecule has 0 radical (unpaired) electrons. The van der Waals surface area contributed by atoms with Crippen molar-refractivity contribution in [1.29, 1.82) is 0 Å². The number of carbonyl (C=O) groups is 1. The van der Waals surface area contributed by atoms with Gasteiger partial charge >= 0.3 is 0 Å². The van der Waals surface area contributed by atoms with E-state index in [-0.39, 0.29) is 5.91 Å². The summed E-state index contributed by atoms with van der Waals surface area (Å²) in [5, 5.41) is 6.08. The third-order valence-electron chi connectivity index (χ3n) is 4.27. The van der Waals surface area contributed by atoms with E-state index in [2.05, 4.69) is 26.7 Å². The molecule has 2 aromatic carbocycles. The molecule has 0 aliphatic carbocycles. The molecule has 0 atom stereocenters. The van der Waals surface area contributed by atoms with Crippen LogP contribution in [0, 0.1) is 6.92 Å². The maximum atomic E-state index is 12.2. The Kier molecular flexibility index (Phi) is 6.57. The Morgan fingerprint density at radius 2 is 1.86 bits per heavy atom. The van der Waals surface area contributed by atoms with E-state index < -0.39 is 0 Å². The van der Waals surface area contributed by atoms with Crippen LogP contribution in [0.3, 0.4) is 0 Å². The number of anilines is 1. The van der Waals surface area contributed by atoms with Gasteiger partial charge in [0.1, 0.15) is 17.3 Å². The second-order valence-electron chi connectivity index (χ2n) is 6.49. The number of hydrogen-bond donors (Lipinski definition) is 2. The second-order valence-corrected chi connectivity index (χ2v) is 6.49. The molecule has 3 aromatic rings. The van der Waals surface area contributed by atoms with Gasteiger partial charge in [0.05, 0.1) is 19.5 Å². The van der Waals surface area contributed by atoms with E-state index >= 15 is 0 Å². The highest BCUT2D eigenvalue weighted by Crippen LogP contribution is 2.13. The van der Waals surface area contributed by atoms with Crippen molar-refractivity contribution in [2.45, 2.75) is 19.9 Å². The van der Waals surface area contributed by atoms with Crippen LogP contribution in [0.25, 0.3) is 0 Å². The lowest BCUT2D eigenvalue weighted by Gasteiger charge is -2.08. The average molecular weight is 376 g/mol. The summed E-state index contributed by atoms with van der Waals surface area (Å²) < 4.78 is 5.23. The Balaban J connectivity index is 1.48. The van der Waals surface area contributed by atoms with Gasteiger partial charge in [-0.05, 0) is 36.6 Å². The highest BCUT2D eigenvalue weighted by Gasteiger charge is 2.08. The van der Waals surface area contributed by atoms with Crippen molar-refractivity contribution >= 4 is 11.7 Å². The van der Waals surface area contributed by atoms with Gasteiger partial charge in [-0.15, -0.1) is 0 Å². The molecule has 0 saturated carbocycles. The molecule has 6 nitrogen and oxygen atoms in total. The SMILES string of the molecule is COc1cccc(CCNc2cnc(C(=O)NCc3cccc(C)c3)cn2)c1. The molecule has 0 spiro atoms. The van der Waals surface area contributed by atoms with Crippen LogP contribution in [0.5, 0.6) is 5.75 Å². The van der Waals surface area contributed by atoms with Crippen molar-refractivity contribution in [3.05, 3.63) is 83.3 Å². The summed E-state index contributed by atoms with van der Waals surface area (Å²) in [4.78, 5) is 20.7. The van der Waals surface area contributed by atoms with E-state index in [0.29, 0.717) is 24.6 Å². The highest BCUT2D eigenvalue weighted by molar-refractivity contribution is 5.91. The lowest BCUT2D eigenvalue weighted by molar-refractivity contribution is 0.0945. The van der Waals surface area contributed by atoms with Gasteiger partial charge in [0.15, 0.2) is 0 Å². The third kappa shape index (κ3) is 5.54. The van der Waals surface area contributed by atoms with Crippen molar-refractivity contribution in [2.75, 3.05) is 19.0 Å². The highest BCUT2D eigenvalue weighted by atomic mass is 16.5. The predicted octanol–water partition coefficient (Wildman–Crippen LogP) is 3.38. The Morgan fingerprint density at radius 1 is 1.04 bits per heavy atom. The molecule has 0 fully saturated rings. The molecule has 144 valence electrons. The Bertz CT molecular complexity index is 926. The number of benzene rings is 2. The molecule has 2 N–H and O–H groups in total. The van der Waals surface area contributed by atoms with Crippen LogP contribution < -0.4 is 15.4 Å². The van der Waals surface area contributed by atoms with Gasteiger partial charge in [-0.3, -0.25) is 4.79 Å². The summed E-state index contributed by atoms with van der Waals surface area (Å²) in [5.74, 6) is 1.24. The topological polar surface area (TPSA) is 76.1 Å². The van der Waals surface area contributed by atoms with Crippen molar-refractivity contribution < 1.29 is 9.53 Å². The lowest BCUT2D eigenvalue weighted by Crippen LogP contribution is -2.24. The number of amides is 1. The first-order chi connectivity index (χ1) is 13.6. The fraction of sp³-hybridized carbons (Fsp3) is 0.227. The summed E-state index contributed by atoms with van der Waals surface area (Å²) in [6, 6.07) is 16.0. The lowest BCUT2D eigenvalue weighted by atomic mass is 10.1. The Hall–Kier alpha value is -3.41. The molecular formula is C22H24N4O2. The van der Waals surface area contributed by atoms with Gasteiger partial charge in [-0.25, -0.2) is 9.97 Å². The van der Waals surface area contributed by atoms with Crippen molar-refractivity contribution in [3.63, 3.8) is 0 Å². The number of ether oxygens (including phenoxy) is 1. The molecule has 0 saturated heterocycles. The molecule has 0 aliphatic rings.